The third kappa shape index (κ3) is 4.06. The summed E-state index contributed by atoms with van der Waals surface area (Å²) < 4.78 is 11.1. The lowest BCUT2D eigenvalue weighted by molar-refractivity contribution is 0.0951. The maximum Gasteiger partial charge on any atom is 0.251 e. The number of carbonyl (C=O) groups excluding carboxylic acids is 1. The number of hydrogen-bond acceptors (Lipinski definition) is 5. The average Bonchev–Trinajstić information content (AvgIpc) is 2.73. The second kappa shape index (κ2) is 8.00. The number of amides is 1. The first kappa shape index (κ1) is 17.9. The van der Waals surface area contributed by atoms with Crippen LogP contribution in [0.4, 0.5) is 11.5 Å². The summed E-state index contributed by atoms with van der Waals surface area (Å²) in [5.74, 6) is 1.87. The number of carbonyl (C=O) groups is 1. The maximum atomic E-state index is 12.5. The monoisotopic (exact) mass is 375 g/mol. The number of nitrogens with zero attached hydrogens (tertiary/aromatic N) is 1. The van der Waals surface area contributed by atoms with Gasteiger partial charge in [-0.3, -0.25) is 4.79 Å². The number of anilines is 2. The molecule has 6 heteroatoms. The predicted molar refractivity (Wildman–Crippen MR) is 107 cm³/mol. The Kier molecular flexibility index (Phi) is 5.10. The Bertz CT molecular complexity index is 1000. The number of pyridine rings is 1. The highest BCUT2D eigenvalue weighted by molar-refractivity contribution is 5.94. The van der Waals surface area contributed by atoms with Crippen molar-refractivity contribution in [2.75, 3.05) is 18.5 Å². The van der Waals surface area contributed by atoms with E-state index >= 15 is 0 Å². The van der Waals surface area contributed by atoms with Crippen molar-refractivity contribution in [1.82, 2.24) is 10.3 Å². The van der Waals surface area contributed by atoms with Gasteiger partial charge >= 0.3 is 0 Å². The van der Waals surface area contributed by atoms with Crippen LogP contribution in [-0.4, -0.2) is 24.1 Å². The Labute approximate surface area is 163 Å². The molecule has 0 spiro atoms. The summed E-state index contributed by atoms with van der Waals surface area (Å²) in [6, 6.07) is 17.0. The Balaban J connectivity index is 1.44. The molecule has 0 saturated heterocycles. The molecule has 142 valence electrons. The lowest BCUT2D eigenvalue weighted by Crippen LogP contribution is -2.23. The molecule has 0 aliphatic carbocycles. The van der Waals surface area contributed by atoms with Crippen LogP contribution >= 0.6 is 0 Å². The smallest absolute Gasteiger partial charge is 0.251 e. The molecule has 3 aromatic rings. The van der Waals surface area contributed by atoms with E-state index in [2.05, 4.69) is 15.6 Å². The third-order valence-corrected chi connectivity index (χ3v) is 4.54. The van der Waals surface area contributed by atoms with E-state index in [4.69, 9.17) is 9.47 Å². The van der Waals surface area contributed by atoms with Gasteiger partial charge in [0.2, 0.25) is 0 Å². The Hall–Kier alpha value is -3.54. The van der Waals surface area contributed by atoms with Crippen LogP contribution < -0.4 is 20.1 Å². The summed E-state index contributed by atoms with van der Waals surface area (Å²) in [6.07, 6.45) is 1.61. The minimum absolute atomic E-state index is 0.143. The van der Waals surface area contributed by atoms with Gasteiger partial charge in [0.1, 0.15) is 19.0 Å². The van der Waals surface area contributed by atoms with Crippen molar-refractivity contribution in [3.8, 4) is 11.5 Å². The lowest BCUT2D eigenvalue weighted by Gasteiger charge is -2.19. The zero-order chi connectivity index (χ0) is 19.3. The molecule has 1 aromatic heterocycles. The van der Waals surface area contributed by atoms with Gasteiger partial charge in [-0.05, 0) is 42.3 Å². The molecule has 2 heterocycles. The number of benzene rings is 2. The number of nitrogens with one attached hydrogen (secondary N) is 2. The second-order valence-electron chi connectivity index (χ2n) is 6.52. The van der Waals surface area contributed by atoms with Crippen LogP contribution in [0.15, 0.2) is 60.8 Å². The van der Waals surface area contributed by atoms with Crippen molar-refractivity contribution >= 4 is 17.4 Å². The minimum atomic E-state index is -0.143. The molecule has 4 rings (SSSR count). The molecule has 0 unspecified atom stereocenters. The van der Waals surface area contributed by atoms with E-state index < -0.39 is 0 Å². The number of fused-ring (bicyclic) bond motifs is 1. The van der Waals surface area contributed by atoms with Crippen molar-refractivity contribution in [2.45, 2.75) is 13.5 Å². The standard InChI is InChI=1S/C22H21N3O3/c1-15-4-2-3-5-17(15)14-24-22(26)16-8-9-23-21(12-16)25-18-6-7-19-20(13-18)28-11-10-27-19/h2-9,12-13H,10-11,14H2,1H3,(H,23,25)(H,24,26). The average molecular weight is 375 g/mol. The quantitative estimate of drug-likeness (QED) is 0.709. The van der Waals surface area contributed by atoms with Gasteiger partial charge < -0.3 is 20.1 Å². The summed E-state index contributed by atoms with van der Waals surface area (Å²) in [4.78, 5) is 16.8. The highest BCUT2D eigenvalue weighted by Crippen LogP contribution is 2.33. The van der Waals surface area contributed by atoms with E-state index in [-0.39, 0.29) is 5.91 Å². The van der Waals surface area contributed by atoms with Crippen molar-refractivity contribution in [3.05, 3.63) is 77.5 Å². The van der Waals surface area contributed by atoms with Crippen LogP contribution in [0.1, 0.15) is 21.5 Å². The van der Waals surface area contributed by atoms with E-state index in [0.29, 0.717) is 36.9 Å². The van der Waals surface area contributed by atoms with Crippen molar-refractivity contribution in [1.29, 1.82) is 0 Å². The summed E-state index contributed by atoms with van der Waals surface area (Å²) in [7, 11) is 0. The second-order valence-corrected chi connectivity index (χ2v) is 6.52. The molecule has 2 N–H and O–H groups in total. The molecule has 2 aromatic carbocycles. The highest BCUT2D eigenvalue weighted by atomic mass is 16.6. The van der Waals surface area contributed by atoms with Crippen LogP contribution in [0.2, 0.25) is 0 Å². The van der Waals surface area contributed by atoms with Gasteiger partial charge in [-0.2, -0.15) is 0 Å². The molecule has 1 aliphatic rings. The maximum absolute atomic E-state index is 12.5. The molecule has 28 heavy (non-hydrogen) atoms. The van der Waals surface area contributed by atoms with Gasteiger partial charge in [-0.1, -0.05) is 24.3 Å². The number of aromatic nitrogens is 1. The normalized spacial score (nSPS) is 12.3. The van der Waals surface area contributed by atoms with Gasteiger partial charge in [-0.15, -0.1) is 0 Å². The van der Waals surface area contributed by atoms with Gasteiger partial charge in [0.05, 0.1) is 0 Å². The molecule has 0 radical (unpaired) electrons. The van der Waals surface area contributed by atoms with Gasteiger partial charge in [0.15, 0.2) is 11.5 Å². The van der Waals surface area contributed by atoms with Crippen LogP contribution in [-0.2, 0) is 6.54 Å². The fourth-order valence-electron chi connectivity index (χ4n) is 3.00. The van der Waals surface area contributed by atoms with E-state index in [1.807, 2.05) is 49.4 Å². The minimum Gasteiger partial charge on any atom is -0.486 e. The Morgan fingerprint density at radius 1 is 1.04 bits per heavy atom. The number of rotatable bonds is 5. The molecule has 0 atom stereocenters. The van der Waals surface area contributed by atoms with Gasteiger partial charge in [0, 0.05) is 30.1 Å². The number of aryl methyl sites for hydroxylation is 1. The van der Waals surface area contributed by atoms with E-state index in [9.17, 15) is 4.79 Å². The topological polar surface area (TPSA) is 72.5 Å². The predicted octanol–water partition coefficient (Wildman–Crippen LogP) is 3.83. The molecule has 0 saturated carbocycles. The number of hydrogen-bond donors (Lipinski definition) is 2. The molecule has 0 fully saturated rings. The summed E-state index contributed by atoms with van der Waals surface area (Å²) in [5, 5.41) is 6.16. The zero-order valence-electron chi connectivity index (χ0n) is 15.6. The zero-order valence-corrected chi connectivity index (χ0v) is 15.6. The van der Waals surface area contributed by atoms with Gasteiger partial charge in [-0.25, -0.2) is 4.98 Å². The molecule has 6 nitrogen and oxygen atoms in total. The van der Waals surface area contributed by atoms with Crippen molar-refractivity contribution < 1.29 is 14.3 Å². The Morgan fingerprint density at radius 2 is 1.86 bits per heavy atom. The molecular weight excluding hydrogens is 354 g/mol. The van der Waals surface area contributed by atoms with Crippen LogP contribution in [0.3, 0.4) is 0 Å². The van der Waals surface area contributed by atoms with E-state index in [1.54, 1.807) is 18.3 Å². The molecular formula is C22H21N3O3. The van der Waals surface area contributed by atoms with Crippen LogP contribution in [0.25, 0.3) is 0 Å². The van der Waals surface area contributed by atoms with Crippen molar-refractivity contribution in [2.24, 2.45) is 0 Å². The highest BCUT2D eigenvalue weighted by Gasteiger charge is 2.12. The van der Waals surface area contributed by atoms with E-state index in [0.717, 1.165) is 22.6 Å². The fourth-order valence-corrected chi connectivity index (χ4v) is 3.00. The number of ether oxygens (including phenoxy) is 2. The molecule has 0 bridgehead atoms. The van der Waals surface area contributed by atoms with Gasteiger partial charge in [0.25, 0.3) is 5.91 Å². The Morgan fingerprint density at radius 3 is 2.71 bits per heavy atom. The summed E-state index contributed by atoms with van der Waals surface area (Å²) in [6.45, 7) is 3.61. The summed E-state index contributed by atoms with van der Waals surface area (Å²) >= 11 is 0. The van der Waals surface area contributed by atoms with Crippen LogP contribution in [0.5, 0.6) is 11.5 Å². The lowest BCUT2D eigenvalue weighted by atomic mass is 10.1. The first-order valence-electron chi connectivity index (χ1n) is 9.14. The van der Waals surface area contributed by atoms with Crippen LogP contribution in [0, 0.1) is 6.92 Å². The fraction of sp³-hybridized carbons (Fsp3) is 0.182. The SMILES string of the molecule is Cc1ccccc1CNC(=O)c1ccnc(Nc2ccc3c(c2)OCCO3)c1. The first-order valence-corrected chi connectivity index (χ1v) is 9.14. The van der Waals surface area contributed by atoms with Crippen molar-refractivity contribution in [3.63, 3.8) is 0 Å². The summed E-state index contributed by atoms with van der Waals surface area (Å²) in [5.41, 5.74) is 3.61. The first-order chi connectivity index (χ1) is 13.7. The van der Waals surface area contributed by atoms with E-state index in [1.165, 1.54) is 0 Å². The molecule has 1 aliphatic heterocycles. The third-order valence-electron chi connectivity index (χ3n) is 4.54. The largest absolute Gasteiger partial charge is 0.486 e. The molecule has 1 amide bonds.